The van der Waals surface area contributed by atoms with E-state index in [4.69, 9.17) is 5.73 Å². The molecule has 1 aromatic carbocycles. The van der Waals surface area contributed by atoms with E-state index in [9.17, 15) is 14.9 Å². The highest BCUT2D eigenvalue weighted by Crippen LogP contribution is 2.29. The van der Waals surface area contributed by atoms with Crippen LogP contribution in [-0.4, -0.2) is 22.4 Å². The van der Waals surface area contributed by atoms with Gasteiger partial charge in [0.25, 0.3) is 5.69 Å². The number of carbonyl (C=O) groups excluding carboxylic acids is 1. The fraction of sp³-hybridized carbons (Fsp3) is 0.286. The van der Waals surface area contributed by atoms with Crippen molar-refractivity contribution in [1.29, 1.82) is 0 Å². The van der Waals surface area contributed by atoms with Crippen molar-refractivity contribution in [1.82, 2.24) is 4.98 Å². The number of para-hydroxylation sites is 1. The molecule has 7 nitrogen and oxygen atoms in total. The molecule has 0 aliphatic rings. The summed E-state index contributed by atoms with van der Waals surface area (Å²) in [6.07, 6.45) is 1.49. The van der Waals surface area contributed by atoms with E-state index < -0.39 is 16.2 Å². The topological polar surface area (TPSA) is 111 Å². The quantitative estimate of drug-likeness (QED) is 0.646. The van der Waals surface area contributed by atoms with Gasteiger partial charge in [-0.15, -0.1) is 0 Å². The summed E-state index contributed by atoms with van der Waals surface area (Å²) in [7, 11) is 0. The average molecular weight is 288 g/mol. The van der Waals surface area contributed by atoms with Crippen LogP contribution < -0.4 is 11.1 Å². The van der Waals surface area contributed by atoms with Gasteiger partial charge in [-0.3, -0.25) is 14.9 Å². The molecule has 110 valence electrons. The van der Waals surface area contributed by atoms with Crippen LogP contribution in [0.15, 0.2) is 30.5 Å². The predicted molar refractivity (Wildman–Crippen MR) is 79.9 cm³/mol. The summed E-state index contributed by atoms with van der Waals surface area (Å²) < 4.78 is 0. The standard InChI is InChI=1S/C14H16N4O3/c1-14(2,13(15)19)8-17-10-6-7-16-12-9(10)4-3-5-11(12)18(20)21/h3-7H,8H2,1-2H3,(H2,15,19)(H,16,17). The molecule has 0 saturated carbocycles. The van der Waals surface area contributed by atoms with Crippen LogP contribution in [0, 0.1) is 15.5 Å². The summed E-state index contributed by atoms with van der Waals surface area (Å²) in [5, 5.41) is 14.8. The van der Waals surface area contributed by atoms with E-state index in [0.717, 1.165) is 0 Å². The highest BCUT2D eigenvalue weighted by Gasteiger charge is 2.25. The number of benzene rings is 1. The number of nitro groups is 1. The van der Waals surface area contributed by atoms with Crippen LogP contribution in [0.1, 0.15) is 13.8 Å². The maximum atomic E-state index is 11.3. The number of pyridine rings is 1. The number of amides is 1. The molecule has 0 atom stereocenters. The summed E-state index contributed by atoms with van der Waals surface area (Å²) in [6.45, 7) is 3.78. The minimum Gasteiger partial charge on any atom is -0.383 e. The molecular weight excluding hydrogens is 272 g/mol. The smallest absolute Gasteiger partial charge is 0.295 e. The molecule has 3 N–H and O–H groups in total. The van der Waals surface area contributed by atoms with Gasteiger partial charge in [0.1, 0.15) is 5.52 Å². The fourth-order valence-electron chi connectivity index (χ4n) is 1.87. The third kappa shape index (κ3) is 2.91. The van der Waals surface area contributed by atoms with Crippen molar-refractivity contribution in [2.24, 2.45) is 11.1 Å². The number of carbonyl (C=O) groups is 1. The lowest BCUT2D eigenvalue weighted by Gasteiger charge is -2.22. The zero-order valence-corrected chi connectivity index (χ0v) is 11.8. The summed E-state index contributed by atoms with van der Waals surface area (Å²) in [5.74, 6) is -0.417. The second-order valence-corrected chi connectivity index (χ2v) is 5.39. The Hall–Kier alpha value is -2.70. The minimum atomic E-state index is -0.726. The molecule has 2 rings (SSSR count). The maximum Gasteiger partial charge on any atom is 0.295 e. The maximum absolute atomic E-state index is 11.3. The van der Waals surface area contributed by atoms with Gasteiger partial charge < -0.3 is 11.1 Å². The first-order valence-electron chi connectivity index (χ1n) is 6.39. The number of rotatable bonds is 5. The molecule has 1 heterocycles. The number of hydrogen-bond donors (Lipinski definition) is 2. The molecular formula is C14H16N4O3. The largest absolute Gasteiger partial charge is 0.383 e. The molecule has 1 aromatic heterocycles. The first-order valence-corrected chi connectivity index (χ1v) is 6.39. The Bertz CT molecular complexity index is 712. The van der Waals surface area contributed by atoms with Crippen molar-refractivity contribution in [2.45, 2.75) is 13.8 Å². The van der Waals surface area contributed by atoms with Crippen LogP contribution in [0.25, 0.3) is 10.9 Å². The van der Waals surface area contributed by atoms with Crippen molar-refractivity contribution < 1.29 is 9.72 Å². The number of non-ortho nitro benzene ring substituents is 1. The predicted octanol–water partition coefficient (Wildman–Crippen LogP) is 2.07. The molecule has 0 radical (unpaired) electrons. The second kappa shape index (κ2) is 5.35. The molecule has 21 heavy (non-hydrogen) atoms. The zero-order chi connectivity index (χ0) is 15.6. The molecule has 0 aliphatic carbocycles. The third-order valence-corrected chi connectivity index (χ3v) is 3.33. The number of aromatic nitrogens is 1. The van der Waals surface area contributed by atoms with Crippen LogP contribution in [0.5, 0.6) is 0 Å². The third-order valence-electron chi connectivity index (χ3n) is 3.33. The van der Waals surface area contributed by atoms with Crippen molar-refractivity contribution in [2.75, 3.05) is 11.9 Å². The first kappa shape index (κ1) is 14.7. The van der Waals surface area contributed by atoms with Gasteiger partial charge in [-0.05, 0) is 19.9 Å². The number of nitrogens with one attached hydrogen (secondary N) is 1. The first-order chi connectivity index (χ1) is 9.83. The number of fused-ring (bicyclic) bond motifs is 1. The van der Waals surface area contributed by atoms with Gasteiger partial charge in [-0.2, -0.15) is 0 Å². The van der Waals surface area contributed by atoms with Crippen LogP contribution in [0.3, 0.4) is 0 Å². The summed E-state index contributed by atoms with van der Waals surface area (Å²) >= 11 is 0. The number of nitrogens with two attached hydrogens (primary N) is 1. The Morgan fingerprint density at radius 1 is 1.43 bits per heavy atom. The number of nitro benzene ring substituents is 1. The van der Waals surface area contributed by atoms with E-state index in [1.54, 1.807) is 32.0 Å². The van der Waals surface area contributed by atoms with Crippen LogP contribution in [-0.2, 0) is 4.79 Å². The van der Waals surface area contributed by atoms with Gasteiger partial charge >= 0.3 is 0 Å². The van der Waals surface area contributed by atoms with E-state index in [-0.39, 0.29) is 5.69 Å². The van der Waals surface area contributed by atoms with E-state index in [1.807, 2.05) is 0 Å². The lowest BCUT2D eigenvalue weighted by Crippen LogP contribution is -2.37. The van der Waals surface area contributed by atoms with Crippen molar-refractivity contribution in [3.8, 4) is 0 Å². The van der Waals surface area contributed by atoms with Gasteiger partial charge in [0, 0.05) is 29.9 Å². The van der Waals surface area contributed by atoms with Gasteiger partial charge in [-0.1, -0.05) is 12.1 Å². The lowest BCUT2D eigenvalue weighted by atomic mass is 9.92. The monoisotopic (exact) mass is 288 g/mol. The van der Waals surface area contributed by atoms with E-state index >= 15 is 0 Å². The summed E-state index contributed by atoms with van der Waals surface area (Å²) in [5.41, 5.74) is 5.54. The number of anilines is 1. The Balaban J connectivity index is 2.40. The Labute approximate surface area is 121 Å². The lowest BCUT2D eigenvalue weighted by molar-refractivity contribution is -0.383. The van der Waals surface area contributed by atoms with Crippen LogP contribution in [0.4, 0.5) is 11.4 Å². The van der Waals surface area contributed by atoms with Crippen molar-refractivity contribution in [3.05, 3.63) is 40.6 Å². The van der Waals surface area contributed by atoms with Gasteiger partial charge in [-0.25, -0.2) is 4.98 Å². The molecule has 0 saturated heterocycles. The van der Waals surface area contributed by atoms with E-state index in [1.165, 1.54) is 12.3 Å². The van der Waals surface area contributed by atoms with Gasteiger partial charge in [0.05, 0.1) is 10.3 Å². The van der Waals surface area contributed by atoms with Crippen molar-refractivity contribution in [3.63, 3.8) is 0 Å². The molecule has 7 heteroatoms. The molecule has 2 aromatic rings. The highest BCUT2D eigenvalue weighted by molar-refractivity contribution is 5.96. The number of primary amides is 1. The molecule has 1 amide bonds. The average Bonchev–Trinajstić information content (AvgIpc) is 2.44. The summed E-state index contributed by atoms with van der Waals surface area (Å²) in [4.78, 5) is 25.9. The molecule has 0 unspecified atom stereocenters. The van der Waals surface area contributed by atoms with E-state index in [0.29, 0.717) is 23.1 Å². The molecule has 0 fully saturated rings. The summed E-state index contributed by atoms with van der Waals surface area (Å²) in [6, 6.07) is 6.47. The molecule has 0 spiro atoms. The van der Waals surface area contributed by atoms with Crippen LogP contribution >= 0.6 is 0 Å². The van der Waals surface area contributed by atoms with Gasteiger partial charge in [0.2, 0.25) is 5.91 Å². The fourth-order valence-corrected chi connectivity index (χ4v) is 1.87. The Morgan fingerprint density at radius 3 is 2.76 bits per heavy atom. The van der Waals surface area contributed by atoms with Crippen LogP contribution in [0.2, 0.25) is 0 Å². The normalized spacial score (nSPS) is 11.3. The van der Waals surface area contributed by atoms with E-state index in [2.05, 4.69) is 10.3 Å². The van der Waals surface area contributed by atoms with Crippen molar-refractivity contribution >= 4 is 28.2 Å². The SMILES string of the molecule is CC(C)(CNc1ccnc2c([N+](=O)[O-])cccc12)C(N)=O. The zero-order valence-electron chi connectivity index (χ0n) is 11.8. The molecule has 0 bridgehead atoms. The Morgan fingerprint density at radius 2 is 2.14 bits per heavy atom. The molecule has 0 aliphatic heterocycles. The second-order valence-electron chi connectivity index (χ2n) is 5.39. The Kier molecular flexibility index (Phi) is 3.75. The highest BCUT2D eigenvalue weighted by atomic mass is 16.6. The minimum absolute atomic E-state index is 0.0506. The number of nitrogens with zero attached hydrogens (tertiary/aromatic N) is 2. The number of hydrogen-bond acceptors (Lipinski definition) is 5. The van der Waals surface area contributed by atoms with Gasteiger partial charge in [0.15, 0.2) is 0 Å².